The number of hydrogen-bond donors (Lipinski definition) is 0. The molecule has 0 saturated carbocycles. The van der Waals surface area contributed by atoms with Crippen molar-refractivity contribution < 1.29 is 0 Å². The molecule has 0 aliphatic heterocycles. The molecule has 0 aromatic carbocycles. The van der Waals surface area contributed by atoms with Crippen LogP contribution in [0.1, 0.15) is 84.5 Å². The third-order valence-corrected chi connectivity index (χ3v) is 5.93. The van der Waals surface area contributed by atoms with Crippen LogP contribution < -0.4 is 0 Å². The van der Waals surface area contributed by atoms with Crippen molar-refractivity contribution in [3.8, 4) is 0 Å². The molecule has 0 N–H and O–H groups in total. The maximum atomic E-state index is 3.71. The minimum Gasteiger partial charge on any atom is -0.0882 e. The van der Waals surface area contributed by atoms with Crippen molar-refractivity contribution in [2.45, 2.75) is 94.1 Å². The fourth-order valence-electron chi connectivity index (χ4n) is 2.06. The van der Waals surface area contributed by atoms with E-state index in [2.05, 4.69) is 45.7 Å². The Morgan fingerprint density at radius 1 is 0.706 bits per heavy atom. The van der Waals surface area contributed by atoms with Crippen molar-refractivity contribution in [1.29, 1.82) is 0 Å². The van der Waals surface area contributed by atoms with Crippen LogP contribution in [-0.2, 0) is 0 Å². The summed E-state index contributed by atoms with van der Waals surface area (Å²) in [6.07, 6.45) is 15.6. The van der Waals surface area contributed by atoms with E-state index in [9.17, 15) is 0 Å². The first-order valence-corrected chi connectivity index (χ1v) is 9.29. The van der Waals surface area contributed by atoms with Gasteiger partial charge in [-0.25, -0.2) is 0 Å². The lowest BCUT2D eigenvalue weighted by atomic mass is 10.0. The molecule has 0 aliphatic carbocycles. The van der Waals surface area contributed by atoms with Crippen LogP contribution in [0.4, 0.5) is 0 Å². The van der Waals surface area contributed by atoms with Crippen molar-refractivity contribution in [3.63, 3.8) is 0 Å². The third-order valence-electron chi connectivity index (χ3n) is 3.33. The van der Waals surface area contributed by atoms with E-state index in [1.807, 2.05) is 0 Å². The van der Waals surface area contributed by atoms with Gasteiger partial charge in [-0.1, -0.05) is 110 Å². The highest BCUT2D eigenvalue weighted by Gasteiger charge is 2.09. The molecule has 0 aromatic rings. The molecule has 104 valence electrons. The fraction of sp³-hybridized carbons (Fsp3) is 1.00. The number of alkyl halides is 2. The summed E-state index contributed by atoms with van der Waals surface area (Å²) < 4.78 is 0. The average Bonchev–Trinajstić information content (AvgIpc) is 2.31. The molecule has 0 aliphatic rings. The van der Waals surface area contributed by atoms with E-state index in [1.165, 1.54) is 70.6 Å². The Hall–Kier alpha value is 0.960. The van der Waals surface area contributed by atoms with E-state index >= 15 is 0 Å². The molecule has 0 amide bonds. The molecule has 0 radical (unpaired) electrons. The van der Waals surface area contributed by atoms with Crippen LogP contribution in [-0.4, -0.2) is 9.65 Å². The summed E-state index contributed by atoms with van der Waals surface area (Å²) in [5, 5.41) is 0. The molecule has 2 atom stereocenters. The molecule has 0 rings (SSSR count). The summed E-state index contributed by atoms with van der Waals surface area (Å²) in [5.41, 5.74) is 0. The highest BCUT2D eigenvalue weighted by atomic mass is 79.9. The molecule has 0 aromatic heterocycles. The van der Waals surface area contributed by atoms with E-state index < -0.39 is 0 Å². The van der Waals surface area contributed by atoms with Crippen molar-refractivity contribution in [3.05, 3.63) is 0 Å². The van der Waals surface area contributed by atoms with Gasteiger partial charge >= 0.3 is 0 Å². The van der Waals surface area contributed by atoms with Crippen LogP contribution in [0.25, 0.3) is 0 Å². The molecule has 0 nitrogen and oxygen atoms in total. The van der Waals surface area contributed by atoms with Crippen LogP contribution in [0.15, 0.2) is 0 Å². The van der Waals surface area contributed by atoms with Crippen LogP contribution in [0.5, 0.6) is 0 Å². The first-order valence-electron chi connectivity index (χ1n) is 7.46. The van der Waals surface area contributed by atoms with E-state index in [0.29, 0.717) is 9.65 Å². The number of halogens is 2. The van der Waals surface area contributed by atoms with Gasteiger partial charge in [0.15, 0.2) is 0 Å². The smallest absolute Gasteiger partial charge is 0.0268 e. The third kappa shape index (κ3) is 13.2. The highest BCUT2D eigenvalue weighted by molar-refractivity contribution is 9.12. The van der Waals surface area contributed by atoms with Crippen molar-refractivity contribution in [2.75, 3.05) is 0 Å². The number of hydrogen-bond acceptors (Lipinski definition) is 0. The SMILES string of the molecule is CCCCCCCCCCCC[C@@H](Br)[C@@H](C)Br. The van der Waals surface area contributed by atoms with E-state index in [4.69, 9.17) is 0 Å². The second kappa shape index (κ2) is 13.4. The van der Waals surface area contributed by atoms with Crippen molar-refractivity contribution >= 4 is 31.9 Å². The largest absolute Gasteiger partial charge is 0.0882 e. The topological polar surface area (TPSA) is 0 Å². The maximum Gasteiger partial charge on any atom is 0.0268 e. The van der Waals surface area contributed by atoms with E-state index in [-0.39, 0.29) is 0 Å². The van der Waals surface area contributed by atoms with Gasteiger partial charge in [0.05, 0.1) is 0 Å². The second-order valence-corrected chi connectivity index (χ2v) is 7.78. The van der Waals surface area contributed by atoms with Gasteiger partial charge in [0.1, 0.15) is 0 Å². The van der Waals surface area contributed by atoms with E-state index in [0.717, 1.165) is 0 Å². The van der Waals surface area contributed by atoms with Crippen LogP contribution in [0.3, 0.4) is 0 Å². The molecular formula is C15H30Br2. The van der Waals surface area contributed by atoms with Gasteiger partial charge in [-0.2, -0.15) is 0 Å². The summed E-state index contributed by atoms with van der Waals surface area (Å²) >= 11 is 7.33. The summed E-state index contributed by atoms with van der Waals surface area (Å²) in [5.74, 6) is 0. The first kappa shape index (κ1) is 18.0. The molecule has 0 bridgehead atoms. The zero-order valence-corrected chi connectivity index (χ0v) is 14.9. The monoisotopic (exact) mass is 368 g/mol. The van der Waals surface area contributed by atoms with Crippen LogP contribution in [0.2, 0.25) is 0 Å². The Bertz CT molecular complexity index is 146. The summed E-state index contributed by atoms with van der Waals surface area (Å²) in [4.78, 5) is 1.25. The highest BCUT2D eigenvalue weighted by Crippen LogP contribution is 2.20. The van der Waals surface area contributed by atoms with Crippen molar-refractivity contribution in [2.24, 2.45) is 0 Å². The predicted octanol–water partition coefficient (Wildman–Crippen LogP) is 6.84. The number of unbranched alkanes of at least 4 members (excludes halogenated alkanes) is 9. The molecule has 0 unspecified atom stereocenters. The zero-order valence-electron chi connectivity index (χ0n) is 11.7. The minimum atomic E-state index is 0.598. The molecule has 0 heterocycles. The zero-order chi connectivity index (χ0) is 12.9. The van der Waals surface area contributed by atoms with Gasteiger partial charge in [0, 0.05) is 9.65 Å². The van der Waals surface area contributed by atoms with Gasteiger partial charge in [-0.3, -0.25) is 0 Å². The lowest BCUT2D eigenvalue weighted by Crippen LogP contribution is -2.08. The molecule has 0 saturated heterocycles. The summed E-state index contributed by atoms with van der Waals surface area (Å²) in [7, 11) is 0. The minimum absolute atomic E-state index is 0.598. The molecule has 17 heavy (non-hydrogen) atoms. The van der Waals surface area contributed by atoms with Gasteiger partial charge < -0.3 is 0 Å². The van der Waals surface area contributed by atoms with Crippen LogP contribution >= 0.6 is 31.9 Å². The fourth-order valence-corrected chi connectivity index (χ4v) is 2.64. The van der Waals surface area contributed by atoms with Gasteiger partial charge in [0.25, 0.3) is 0 Å². The quantitative estimate of drug-likeness (QED) is 0.260. The maximum absolute atomic E-state index is 3.71. The number of rotatable bonds is 12. The molecular weight excluding hydrogens is 340 g/mol. The summed E-state index contributed by atoms with van der Waals surface area (Å²) in [6.45, 7) is 4.50. The van der Waals surface area contributed by atoms with Crippen LogP contribution in [0, 0.1) is 0 Å². The lowest BCUT2D eigenvalue weighted by molar-refractivity contribution is 0.547. The Morgan fingerprint density at radius 3 is 1.53 bits per heavy atom. The van der Waals surface area contributed by atoms with Gasteiger partial charge in [-0.05, 0) is 6.42 Å². The molecule has 2 heteroatoms. The standard InChI is InChI=1S/C15H30Br2/c1-3-4-5-6-7-8-9-10-11-12-13-15(17)14(2)16/h14-15H,3-13H2,1-2H3/t14-,15-/m1/s1. The Kier molecular flexibility index (Phi) is 14.1. The Morgan fingerprint density at radius 2 is 1.12 bits per heavy atom. The first-order chi connectivity index (χ1) is 8.18. The molecule has 0 fully saturated rings. The van der Waals surface area contributed by atoms with Gasteiger partial charge in [0.2, 0.25) is 0 Å². The Labute approximate surface area is 126 Å². The Balaban J connectivity index is 3.03. The normalized spacial score (nSPS) is 14.8. The molecule has 0 spiro atoms. The van der Waals surface area contributed by atoms with E-state index in [1.54, 1.807) is 0 Å². The lowest BCUT2D eigenvalue weighted by Gasteiger charge is -2.11. The average molecular weight is 370 g/mol. The summed E-state index contributed by atoms with van der Waals surface area (Å²) in [6, 6.07) is 0. The second-order valence-electron chi connectivity index (χ2n) is 5.16. The van der Waals surface area contributed by atoms with Gasteiger partial charge in [-0.15, -0.1) is 0 Å². The predicted molar refractivity (Wildman–Crippen MR) is 87.6 cm³/mol. The van der Waals surface area contributed by atoms with Crippen molar-refractivity contribution in [1.82, 2.24) is 0 Å².